The fourth-order valence-corrected chi connectivity index (χ4v) is 8.86. The molecule has 0 bridgehead atoms. The van der Waals surface area contributed by atoms with Crippen LogP contribution in [0.15, 0.2) is 121 Å². The van der Waals surface area contributed by atoms with Crippen molar-refractivity contribution in [1.29, 1.82) is 0 Å². The molecule has 5 heteroatoms. The van der Waals surface area contributed by atoms with Crippen molar-refractivity contribution in [3.63, 3.8) is 0 Å². The van der Waals surface area contributed by atoms with Gasteiger partial charge in [-0.05, 0) is 48.5 Å². The van der Waals surface area contributed by atoms with Crippen molar-refractivity contribution < 1.29 is 0 Å². The number of imidazole rings is 1. The molecule has 1 aromatic heterocycles. The van der Waals surface area contributed by atoms with Gasteiger partial charge in [0, 0.05) is 20.3 Å². The quantitative estimate of drug-likeness (QED) is 0.307. The van der Waals surface area contributed by atoms with Crippen molar-refractivity contribution in [1.82, 2.24) is 14.9 Å². The molecular weight excluding hydrogens is 457 g/mol. The molecule has 0 radical (unpaired) electrons. The Bertz CT molecular complexity index is 1250. The summed E-state index contributed by atoms with van der Waals surface area (Å²) in [5, 5.41) is 5.11. The maximum atomic E-state index is 5.09. The zero-order chi connectivity index (χ0) is 22.7. The lowest BCUT2D eigenvalue weighted by Gasteiger charge is -2.29. The van der Waals surface area contributed by atoms with E-state index in [1.807, 2.05) is 12.1 Å². The monoisotopic (exact) mass is 484 g/mol. The Morgan fingerprint density at radius 3 is 1.56 bits per heavy atom. The van der Waals surface area contributed by atoms with Crippen LogP contribution in [0.2, 0.25) is 0 Å². The van der Waals surface area contributed by atoms with Gasteiger partial charge >= 0.3 is 0 Å². The number of aromatic amines is 1. The average molecular weight is 485 g/mol. The smallest absolute Gasteiger partial charge is 0.176 e. The topological polar surface area (TPSA) is 31.9 Å². The highest BCUT2D eigenvalue weighted by Gasteiger charge is 2.51. The van der Waals surface area contributed by atoms with Gasteiger partial charge in [0.05, 0.1) is 11.0 Å². The van der Waals surface area contributed by atoms with Gasteiger partial charge in [0.25, 0.3) is 0 Å². The van der Waals surface area contributed by atoms with Crippen molar-refractivity contribution in [2.24, 2.45) is 0 Å². The van der Waals surface area contributed by atoms with E-state index in [1.165, 1.54) is 21.2 Å². The van der Waals surface area contributed by atoms with E-state index in [0.29, 0.717) is 0 Å². The summed E-state index contributed by atoms with van der Waals surface area (Å²) in [5.41, 5.74) is 2.02. The van der Waals surface area contributed by atoms with E-state index in [-0.39, 0.29) is 12.4 Å². The Labute approximate surface area is 207 Å². The van der Waals surface area contributed by atoms with Crippen molar-refractivity contribution in [2.75, 3.05) is 14.1 Å². The van der Waals surface area contributed by atoms with Crippen LogP contribution in [0.25, 0.3) is 16.3 Å². The molecule has 34 heavy (non-hydrogen) atoms. The Hall–Kier alpha value is -3.39. The first kappa shape index (κ1) is 23.8. The summed E-state index contributed by atoms with van der Waals surface area (Å²) in [4.78, 5) is 10.9. The largest absolute Gasteiger partial charge is 0.380 e. The molecule has 4 aromatic carbocycles. The van der Waals surface area contributed by atoms with Gasteiger partial charge in [-0.2, -0.15) is 0 Å². The van der Waals surface area contributed by atoms with E-state index in [4.69, 9.17) is 4.98 Å². The Morgan fingerprint density at radius 2 is 1.12 bits per heavy atom. The number of benzene rings is 4. The fourth-order valence-electron chi connectivity index (χ4n) is 4.44. The van der Waals surface area contributed by atoms with Crippen LogP contribution < -0.4 is 15.9 Å². The number of rotatable bonds is 6. The lowest BCUT2D eigenvalue weighted by molar-refractivity contribution is 0.566. The normalized spacial score (nSPS) is 11.8. The predicted molar refractivity (Wildman–Crippen MR) is 150 cm³/mol. The van der Waals surface area contributed by atoms with Gasteiger partial charge in [-0.3, -0.25) is 0 Å². The lowest BCUT2D eigenvalue weighted by atomic mass is 10.3. The van der Waals surface area contributed by atoms with E-state index < -0.39 is 7.26 Å². The number of para-hydroxylation sites is 2. The Kier molecular flexibility index (Phi) is 7.17. The summed E-state index contributed by atoms with van der Waals surface area (Å²) < 4.78 is 0. The first-order valence-corrected chi connectivity index (χ1v) is 12.9. The molecule has 0 atom stereocenters. The first-order valence-electron chi connectivity index (χ1n) is 11.1. The second kappa shape index (κ2) is 10.3. The summed E-state index contributed by atoms with van der Waals surface area (Å²) in [6.07, 6.45) is 2.25. The van der Waals surface area contributed by atoms with E-state index >= 15 is 0 Å². The number of nitrogens with zero attached hydrogens (tertiary/aromatic N) is 2. The summed E-state index contributed by atoms with van der Waals surface area (Å²) in [6, 6.07) is 40.9. The standard InChI is InChI=1S/C29H27N3P.ClH/c1-32(2)22-28(29-30-26-20-12-13-21-27(26)31-29)33(23-14-6-3-7-15-23,24-16-8-4-9-17-24)25-18-10-5-11-19-25;/h3-22H,1-2H3,(H,30,31);1H/q+1;/b28-22-;. The highest BCUT2D eigenvalue weighted by atomic mass is 35.5. The number of hydrogen-bond donors (Lipinski definition) is 1. The second-order valence-electron chi connectivity index (χ2n) is 8.26. The van der Waals surface area contributed by atoms with E-state index in [0.717, 1.165) is 16.9 Å². The molecule has 5 aromatic rings. The van der Waals surface area contributed by atoms with Crippen molar-refractivity contribution in [3.8, 4) is 0 Å². The minimum absolute atomic E-state index is 0. The molecule has 1 heterocycles. The van der Waals surface area contributed by atoms with Gasteiger partial charge in [-0.15, -0.1) is 12.4 Å². The van der Waals surface area contributed by atoms with Crippen LogP contribution in [0.3, 0.4) is 0 Å². The number of aromatic nitrogens is 2. The number of hydrogen-bond acceptors (Lipinski definition) is 2. The first-order chi connectivity index (χ1) is 16.2. The summed E-state index contributed by atoms with van der Waals surface area (Å²) in [7, 11) is 1.89. The van der Waals surface area contributed by atoms with Crippen LogP contribution in [0.5, 0.6) is 0 Å². The van der Waals surface area contributed by atoms with Crippen LogP contribution in [0.1, 0.15) is 5.82 Å². The van der Waals surface area contributed by atoms with E-state index in [2.05, 4.69) is 133 Å². The van der Waals surface area contributed by atoms with Crippen molar-refractivity contribution >= 4 is 51.9 Å². The molecule has 0 saturated heterocycles. The Morgan fingerprint density at radius 1 is 0.676 bits per heavy atom. The fraction of sp³-hybridized carbons (Fsp3) is 0.0690. The molecular formula is C29H28ClN3P+. The average Bonchev–Trinajstić information content (AvgIpc) is 3.30. The summed E-state index contributed by atoms with van der Waals surface area (Å²) in [6.45, 7) is 0. The maximum absolute atomic E-state index is 5.09. The molecule has 0 fully saturated rings. The molecule has 5 rings (SSSR count). The van der Waals surface area contributed by atoms with Crippen LogP contribution in [-0.2, 0) is 0 Å². The third kappa shape index (κ3) is 4.25. The molecule has 3 nitrogen and oxygen atoms in total. The lowest BCUT2D eigenvalue weighted by Crippen LogP contribution is -2.32. The zero-order valence-corrected chi connectivity index (χ0v) is 21.0. The molecule has 1 N–H and O–H groups in total. The molecule has 0 unspecified atom stereocenters. The third-order valence-corrected chi connectivity index (χ3v) is 10.1. The zero-order valence-electron chi connectivity index (χ0n) is 19.3. The molecule has 0 spiro atoms. The van der Waals surface area contributed by atoms with Gasteiger partial charge in [-0.25, -0.2) is 4.98 Å². The molecule has 0 amide bonds. The highest BCUT2D eigenvalue weighted by molar-refractivity contribution is 8.03. The van der Waals surface area contributed by atoms with Crippen molar-refractivity contribution in [2.45, 2.75) is 0 Å². The number of H-pyrrole nitrogens is 1. The number of fused-ring (bicyclic) bond motifs is 1. The molecule has 170 valence electrons. The minimum atomic E-state index is -2.27. The van der Waals surface area contributed by atoms with Gasteiger partial charge in [0.15, 0.2) is 11.1 Å². The van der Waals surface area contributed by atoms with E-state index in [1.54, 1.807) is 0 Å². The predicted octanol–water partition coefficient (Wildman–Crippen LogP) is 5.84. The second-order valence-corrected chi connectivity index (χ2v) is 11.6. The SMILES string of the molecule is CN(C)/C=C(/c1nc2ccccc2[nH]1)[P+](c1ccccc1)(c1ccccc1)c1ccccc1.Cl. The minimum Gasteiger partial charge on any atom is -0.380 e. The van der Waals surface area contributed by atoms with Gasteiger partial charge in [0.1, 0.15) is 23.2 Å². The van der Waals surface area contributed by atoms with Crippen molar-refractivity contribution in [3.05, 3.63) is 127 Å². The number of halogens is 1. The number of nitrogens with one attached hydrogen (secondary N) is 1. The van der Waals surface area contributed by atoms with Crippen LogP contribution in [0.4, 0.5) is 0 Å². The van der Waals surface area contributed by atoms with Crippen LogP contribution in [0, 0.1) is 0 Å². The van der Waals surface area contributed by atoms with Gasteiger partial charge < -0.3 is 9.88 Å². The molecule has 0 saturated carbocycles. The van der Waals surface area contributed by atoms with Gasteiger partial charge in [-0.1, -0.05) is 66.7 Å². The third-order valence-electron chi connectivity index (χ3n) is 5.80. The van der Waals surface area contributed by atoms with Gasteiger partial charge in [0.2, 0.25) is 0 Å². The van der Waals surface area contributed by atoms with Crippen LogP contribution >= 0.6 is 19.7 Å². The molecule has 0 aliphatic rings. The molecule has 0 aliphatic heterocycles. The maximum Gasteiger partial charge on any atom is 0.176 e. The van der Waals surface area contributed by atoms with E-state index in [9.17, 15) is 0 Å². The molecule has 0 aliphatic carbocycles. The summed E-state index contributed by atoms with van der Waals surface area (Å²) >= 11 is 0. The summed E-state index contributed by atoms with van der Waals surface area (Å²) in [5.74, 6) is 0.912. The van der Waals surface area contributed by atoms with Crippen LogP contribution in [-0.4, -0.2) is 29.0 Å². The Balaban J connectivity index is 0.00000274. The highest BCUT2D eigenvalue weighted by Crippen LogP contribution is 2.65.